The van der Waals surface area contributed by atoms with Gasteiger partial charge in [0.05, 0.1) is 11.4 Å². The van der Waals surface area contributed by atoms with Crippen molar-refractivity contribution in [3.05, 3.63) is 11.4 Å². The van der Waals surface area contributed by atoms with Crippen LogP contribution in [0.15, 0.2) is 0 Å². The Hall–Kier alpha value is -1.52. The van der Waals surface area contributed by atoms with Gasteiger partial charge in [-0.05, 0) is 36.5 Å². The molecule has 3 N–H and O–H groups in total. The highest BCUT2D eigenvalue weighted by Crippen LogP contribution is 2.52. The Bertz CT molecular complexity index is 577. The molecule has 1 aliphatic heterocycles. The fraction of sp³-hybridized carbons (Fsp3) is 0.750. The summed E-state index contributed by atoms with van der Waals surface area (Å²) in [6.45, 7) is 9.75. The number of hydrogen-bond donors (Lipinski definition) is 2. The molecule has 1 aromatic heterocycles. The molecule has 2 atom stereocenters. The lowest BCUT2D eigenvalue weighted by Gasteiger charge is -2.39. The fourth-order valence-electron chi connectivity index (χ4n) is 4.65. The molecule has 21 heavy (non-hydrogen) atoms. The van der Waals surface area contributed by atoms with Gasteiger partial charge >= 0.3 is 0 Å². The van der Waals surface area contributed by atoms with Gasteiger partial charge in [-0.1, -0.05) is 27.7 Å². The van der Waals surface area contributed by atoms with Gasteiger partial charge in [0.25, 0.3) is 5.91 Å². The Kier molecular flexibility index (Phi) is 3.08. The summed E-state index contributed by atoms with van der Waals surface area (Å²) >= 11 is 0. The molecule has 1 amide bonds. The summed E-state index contributed by atoms with van der Waals surface area (Å²) in [5, 5.41) is 7.05. The zero-order valence-corrected chi connectivity index (χ0v) is 13.5. The third-order valence-electron chi connectivity index (χ3n) is 5.11. The van der Waals surface area contributed by atoms with Crippen LogP contribution in [-0.4, -0.2) is 33.6 Å². The Morgan fingerprint density at radius 1 is 1.43 bits per heavy atom. The summed E-state index contributed by atoms with van der Waals surface area (Å²) in [7, 11) is 0. The lowest BCUT2D eigenvalue weighted by molar-refractivity contribution is 0.0703. The first-order chi connectivity index (χ1) is 9.75. The number of carbonyl (C=O) groups is 1. The maximum absolute atomic E-state index is 12.9. The number of anilines is 1. The topological polar surface area (TPSA) is 75.0 Å². The number of nitrogen functional groups attached to an aromatic ring is 1. The van der Waals surface area contributed by atoms with Crippen LogP contribution in [0.2, 0.25) is 0 Å². The van der Waals surface area contributed by atoms with Gasteiger partial charge in [0, 0.05) is 12.6 Å². The molecular formula is C16H26N4O. The summed E-state index contributed by atoms with van der Waals surface area (Å²) in [5.41, 5.74) is 8.38. The van der Waals surface area contributed by atoms with E-state index in [-0.39, 0.29) is 11.3 Å². The van der Waals surface area contributed by atoms with Crippen molar-refractivity contribution in [2.45, 2.75) is 59.4 Å². The lowest BCUT2D eigenvalue weighted by Crippen LogP contribution is -2.38. The second-order valence-electron chi connectivity index (χ2n) is 7.96. The Morgan fingerprint density at radius 2 is 2.14 bits per heavy atom. The van der Waals surface area contributed by atoms with Crippen molar-refractivity contribution < 1.29 is 4.79 Å². The summed E-state index contributed by atoms with van der Waals surface area (Å²) in [6, 6.07) is 0.326. The van der Waals surface area contributed by atoms with E-state index in [1.165, 1.54) is 6.42 Å². The van der Waals surface area contributed by atoms with Gasteiger partial charge < -0.3 is 10.6 Å². The molecule has 5 nitrogen and oxygen atoms in total. The summed E-state index contributed by atoms with van der Waals surface area (Å²) in [6.07, 6.45) is 4.11. The molecule has 1 saturated carbocycles. The van der Waals surface area contributed by atoms with E-state index in [4.69, 9.17) is 5.73 Å². The Balaban J connectivity index is 1.88. The maximum atomic E-state index is 12.9. The number of amides is 1. The van der Waals surface area contributed by atoms with Gasteiger partial charge in [0.1, 0.15) is 0 Å². The van der Waals surface area contributed by atoms with Gasteiger partial charge in [-0.25, -0.2) is 0 Å². The number of aromatic nitrogens is 2. The molecule has 3 rings (SSSR count). The predicted octanol–water partition coefficient (Wildman–Crippen LogP) is 2.60. The second-order valence-corrected chi connectivity index (χ2v) is 7.96. The number of aromatic amines is 1. The normalized spacial score (nSPS) is 30.7. The average molecular weight is 290 g/mol. The first-order valence-corrected chi connectivity index (χ1v) is 7.88. The number of likely N-dealkylation sites (tertiary alicyclic amines) is 1. The number of nitrogens with zero attached hydrogens (tertiary/aromatic N) is 2. The minimum Gasteiger partial charge on any atom is -0.395 e. The minimum atomic E-state index is -0.00475. The second kappa shape index (κ2) is 4.49. The molecule has 0 radical (unpaired) electrons. The number of rotatable bonds is 2. The van der Waals surface area contributed by atoms with Crippen molar-refractivity contribution in [1.82, 2.24) is 15.1 Å². The van der Waals surface area contributed by atoms with E-state index in [0.717, 1.165) is 31.5 Å². The van der Waals surface area contributed by atoms with Crippen LogP contribution in [0.3, 0.4) is 0 Å². The molecule has 1 aliphatic carbocycles. The van der Waals surface area contributed by atoms with Crippen LogP contribution in [0.25, 0.3) is 0 Å². The van der Waals surface area contributed by atoms with Gasteiger partial charge in [0.2, 0.25) is 0 Å². The van der Waals surface area contributed by atoms with Crippen LogP contribution in [0.1, 0.15) is 63.1 Å². The quantitative estimate of drug-likeness (QED) is 0.879. The van der Waals surface area contributed by atoms with Crippen LogP contribution >= 0.6 is 0 Å². The number of hydrogen-bond acceptors (Lipinski definition) is 3. The lowest BCUT2D eigenvalue weighted by atomic mass is 9.65. The van der Waals surface area contributed by atoms with E-state index < -0.39 is 0 Å². The molecule has 2 heterocycles. The number of fused-ring (bicyclic) bond motifs is 2. The first-order valence-electron chi connectivity index (χ1n) is 7.88. The van der Waals surface area contributed by atoms with Gasteiger partial charge in [-0.2, -0.15) is 5.10 Å². The highest BCUT2D eigenvalue weighted by molar-refractivity contribution is 5.98. The average Bonchev–Trinajstić information content (AvgIpc) is 2.85. The van der Waals surface area contributed by atoms with E-state index in [1.807, 2.05) is 11.8 Å². The molecule has 1 aromatic rings. The summed E-state index contributed by atoms with van der Waals surface area (Å²) in [4.78, 5) is 14.9. The van der Waals surface area contributed by atoms with E-state index >= 15 is 0 Å². The molecule has 116 valence electrons. The third-order valence-corrected chi connectivity index (χ3v) is 5.11. The zero-order chi connectivity index (χ0) is 15.4. The van der Waals surface area contributed by atoms with Gasteiger partial charge in [-0.15, -0.1) is 0 Å². The highest BCUT2D eigenvalue weighted by Gasteiger charge is 2.51. The van der Waals surface area contributed by atoms with Gasteiger partial charge in [-0.3, -0.25) is 9.89 Å². The minimum absolute atomic E-state index is 0.00475. The Labute approximate surface area is 126 Å². The number of nitrogens with one attached hydrogen (secondary N) is 1. The smallest absolute Gasteiger partial charge is 0.276 e. The molecule has 2 fully saturated rings. The number of nitrogens with two attached hydrogens (primary N) is 1. The van der Waals surface area contributed by atoms with Crippen LogP contribution < -0.4 is 5.73 Å². The van der Waals surface area contributed by atoms with Crippen molar-refractivity contribution in [3.8, 4) is 0 Å². The molecule has 0 spiro atoms. The molecule has 5 heteroatoms. The molecule has 2 bridgehead atoms. The monoisotopic (exact) mass is 290 g/mol. The molecule has 0 aromatic carbocycles. The highest BCUT2D eigenvalue weighted by atomic mass is 16.2. The fourth-order valence-corrected chi connectivity index (χ4v) is 4.65. The van der Waals surface area contributed by atoms with Crippen LogP contribution in [0, 0.1) is 10.8 Å². The van der Waals surface area contributed by atoms with Crippen molar-refractivity contribution in [2.75, 3.05) is 12.3 Å². The van der Waals surface area contributed by atoms with Crippen LogP contribution in [0.5, 0.6) is 0 Å². The SMILES string of the molecule is CCc1[nH]nc(C(=O)N2CC3(C)CC2CC(C)(C)C3)c1N. The van der Waals surface area contributed by atoms with Crippen molar-refractivity contribution in [1.29, 1.82) is 0 Å². The van der Waals surface area contributed by atoms with Crippen LogP contribution in [-0.2, 0) is 6.42 Å². The first kappa shape index (κ1) is 14.4. The molecule has 2 unspecified atom stereocenters. The summed E-state index contributed by atoms with van der Waals surface area (Å²) in [5.74, 6) is -0.00475. The number of carbonyl (C=O) groups excluding carboxylic acids is 1. The van der Waals surface area contributed by atoms with Crippen molar-refractivity contribution >= 4 is 11.6 Å². The van der Waals surface area contributed by atoms with Crippen molar-refractivity contribution in [2.24, 2.45) is 10.8 Å². The van der Waals surface area contributed by atoms with Crippen molar-refractivity contribution in [3.63, 3.8) is 0 Å². The molecular weight excluding hydrogens is 264 g/mol. The Morgan fingerprint density at radius 3 is 2.76 bits per heavy atom. The van der Waals surface area contributed by atoms with E-state index in [9.17, 15) is 4.79 Å². The number of aryl methyl sites for hydroxylation is 1. The number of H-pyrrole nitrogens is 1. The zero-order valence-electron chi connectivity index (χ0n) is 13.5. The van der Waals surface area contributed by atoms with E-state index in [0.29, 0.717) is 22.8 Å². The summed E-state index contributed by atoms with van der Waals surface area (Å²) < 4.78 is 0. The molecule has 1 saturated heterocycles. The standard InChI is InChI=1S/C16H26N4O/c1-5-11-12(17)13(19-18-11)14(21)20-9-16(4)7-10(20)6-15(2,3)8-16/h10H,5-9,17H2,1-4H3,(H,18,19). The maximum Gasteiger partial charge on any atom is 0.276 e. The van der Waals surface area contributed by atoms with E-state index in [2.05, 4.69) is 31.0 Å². The largest absolute Gasteiger partial charge is 0.395 e. The predicted molar refractivity (Wildman–Crippen MR) is 82.9 cm³/mol. The van der Waals surface area contributed by atoms with E-state index in [1.54, 1.807) is 0 Å². The third kappa shape index (κ3) is 2.32. The van der Waals surface area contributed by atoms with Crippen LogP contribution in [0.4, 0.5) is 5.69 Å². The van der Waals surface area contributed by atoms with Gasteiger partial charge in [0.15, 0.2) is 5.69 Å². The molecule has 2 aliphatic rings.